The van der Waals surface area contributed by atoms with Crippen molar-refractivity contribution in [3.63, 3.8) is 0 Å². The smallest absolute Gasteiger partial charge is 0.277 e. The Morgan fingerprint density at radius 3 is 2.57 bits per heavy atom. The van der Waals surface area contributed by atoms with E-state index in [0.717, 1.165) is 28.0 Å². The molecule has 1 heterocycles. The van der Waals surface area contributed by atoms with Crippen molar-refractivity contribution < 1.29 is 26.8 Å². The molecule has 1 fully saturated rings. The molecular weight excluding hydrogens is 617 g/mol. The highest BCUT2D eigenvalue weighted by atomic mass is 127. The highest BCUT2D eigenvalue weighted by Gasteiger charge is 2.30. The quantitative estimate of drug-likeness (QED) is 0.215. The monoisotopic (exact) mass is 642 g/mol. The first kappa shape index (κ1) is 27.4. The molecule has 0 bridgehead atoms. The number of pyridine rings is 1. The van der Waals surface area contributed by atoms with Crippen LogP contribution in [0.1, 0.15) is 40.0 Å². The summed E-state index contributed by atoms with van der Waals surface area (Å²) < 4.78 is 59.8. The third-order valence-electron chi connectivity index (χ3n) is 5.88. The number of aryl methyl sites for hydroxylation is 2. The molecule has 4 rings (SSSR count). The zero-order valence-corrected chi connectivity index (χ0v) is 23.0. The molecule has 0 atom stereocenters. The van der Waals surface area contributed by atoms with Crippen LogP contribution in [0.2, 0.25) is 0 Å². The molecule has 1 aliphatic rings. The second kappa shape index (κ2) is 11.4. The van der Waals surface area contributed by atoms with Crippen LogP contribution in [0.3, 0.4) is 0 Å². The average Bonchev–Trinajstić information content (AvgIpc) is 3.67. The summed E-state index contributed by atoms with van der Waals surface area (Å²) in [7, 11) is -4.57. The topological polar surface area (TPSA) is 109 Å². The normalized spacial score (nSPS) is 13.4. The average molecular weight is 642 g/mol. The molecule has 0 spiro atoms. The van der Waals surface area contributed by atoms with E-state index >= 15 is 8.78 Å². The van der Waals surface area contributed by atoms with Crippen LogP contribution in [0.5, 0.6) is 0 Å². The van der Waals surface area contributed by atoms with Crippen molar-refractivity contribution >= 4 is 49.9 Å². The lowest BCUT2D eigenvalue weighted by atomic mass is 10.1. The van der Waals surface area contributed by atoms with E-state index in [9.17, 15) is 13.2 Å². The number of amides is 1. The number of hydrogen-bond acceptors (Lipinski definition) is 6. The fourth-order valence-electron chi connectivity index (χ4n) is 3.51. The zero-order valence-electron chi connectivity index (χ0n) is 20.1. The number of carbonyl (C=O) groups excluding carboxylic acids is 1. The van der Waals surface area contributed by atoms with Gasteiger partial charge in [0.1, 0.15) is 4.90 Å². The molecule has 0 radical (unpaired) electrons. The van der Waals surface area contributed by atoms with Crippen LogP contribution in [-0.2, 0) is 21.4 Å². The van der Waals surface area contributed by atoms with Crippen LogP contribution in [0.15, 0.2) is 47.5 Å². The summed E-state index contributed by atoms with van der Waals surface area (Å²) in [5, 5.41) is 2.75. The first-order valence-corrected chi connectivity index (χ1v) is 14.0. The van der Waals surface area contributed by atoms with E-state index in [1.165, 1.54) is 6.20 Å². The third kappa shape index (κ3) is 6.61. The number of hydrogen-bond donors (Lipinski definition) is 3. The summed E-state index contributed by atoms with van der Waals surface area (Å²) in [5.74, 6) is -3.72. The Balaban J connectivity index is 1.70. The van der Waals surface area contributed by atoms with E-state index in [0.29, 0.717) is 22.9 Å². The minimum absolute atomic E-state index is 0.246. The molecule has 0 aliphatic heterocycles. The van der Waals surface area contributed by atoms with Gasteiger partial charge in [0, 0.05) is 15.5 Å². The van der Waals surface area contributed by atoms with Crippen molar-refractivity contribution in [1.82, 2.24) is 15.2 Å². The lowest BCUT2D eigenvalue weighted by Gasteiger charge is -2.18. The molecule has 0 unspecified atom stereocenters. The Morgan fingerprint density at radius 1 is 1.14 bits per heavy atom. The Hall–Kier alpha value is -2.68. The Bertz CT molecular complexity index is 1450. The van der Waals surface area contributed by atoms with Gasteiger partial charge in [-0.3, -0.25) is 14.6 Å². The number of hydroxylamine groups is 1. The molecule has 1 amide bonds. The summed E-state index contributed by atoms with van der Waals surface area (Å²) in [6.07, 6.45) is 3.45. The lowest BCUT2D eigenvalue weighted by Crippen LogP contribution is -2.29. The molecule has 1 aliphatic carbocycles. The fraction of sp³-hybridized carbons (Fsp3) is 0.280. The van der Waals surface area contributed by atoms with Crippen LogP contribution in [-0.4, -0.2) is 25.9 Å². The molecule has 3 aromatic rings. The summed E-state index contributed by atoms with van der Waals surface area (Å²) in [4.78, 5) is 21.3. The number of halogens is 3. The van der Waals surface area contributed by atoms with Gasteiger partial charge in [-0.25, -0.2) is 27.4 Å². The van der Waals surface area contributed by atoms with Crippen molar-refractivity contribution in [2.75, 3.05) is 11.9 Å². The van der Waals surface area contributed by atoms with Gasteiger partial charge in [0.2, 0.25) is 10.0 Å². The number of anilines is 2. The first-order chi connectivity index (χ1) is 17.6. The van der Waals surface area contributed by atoms with Crippen LogP contribution < -0.4 is 15.5 Å². The lowest BCUT2D eigenvalue weighted by molar-refractivity contribution is 0.0270. The van der Waals surface area contributed by atoms with E-state index in [2.05, 4.69) is 43.1 Å². The molecule has 12 heteroatoms. The van der Waals surface area contributed by atoms with Gasteiger partial charge in [-0.05, 0) is 96.7 Å². The van der Waals surface area contributed by atoms with Gasteiger partial charge < -0.3 is 5.32 Å². The van der Waals surface area contributed by atoms with E-state index in [1.54, 1.807) is 38.1 Å². The Kier molecular flexibility index (Phi) is 8.41. The van der Waals surface area contributed by atoms with E-state index in [-0.39, 0.29) is 13.2 Å². The van der Waals surface area contributed by atoms with Crippen molar-refractivity contribution in [2.45, 2.75) is 38.1 Å². The molecule has 1 saturated carbocycles. The Labute approximate surface area is 227 Å². The molecule has 2 aromatic carbocycles. The maximum absolute atomic E-state index is 15.4. The van der Waals surface area contributed by atoms with Gasteiger partial charge in [-0.15, -0.1) is 0 Å². The molecule has 0 saturated heterocycles. The number of nitrogens with one attached hydrogen (secondary N) is 3. The Morgan fingerprint density at radius 2 is 1.89 bits per heavy atom. The van der Waals surface area contributed by atoms with E-state index in [1.807, 2.05) is 6.07 Å². The molecule has 3 N–H and O–H groups in total. The minimum atomic E-state index is -4.57. The van der Waals surface area contributed by atoms with E-state index < -0.39 is 43.7 Å². The largest absolute Gasteiger partial charge is 0.352 e. The maximum Gasteiger partial charge on any atom is 0.277 e. The summed E-state index contributed by atoms with van der Waals surface area (Å²) in [5.41, 5.74) is 3.56. The highest BCUT2D eigenvalue weighted by Crippen LogP contribution is 2.33. The molecule has 37 heavy (non-hydrogen) atoms. The summed E-state index contributed by atoms with van der Waals surface area (Å²) in [6, 6.07) is 9.46. The third-order valence-corrected chi connectivity index (χ3v) is 7.96. The minimum Gasteiger partial charge on any atom is -0.352 e. The maximum atomic E-state index is 15.4. The SMILES string of the molecule is Cc1cc(I)ccc1Nc1c(C(=O)NOCC2CC2)cc(S(=O)(=O)NCc2ncccc2C)c(F)c1F. The highest BCUT2D eigenvalue weighted by molar-refractivity contribution is 14.1. The van der Waals surface area contributed by atoms with Crippen molar-refractivity contribution in [1.29, 1.82) is 0 Å². The molecular formula is C25H25F2IN4O4S. The molecule has 8 nitrogen and oxygen atoms in total. The van der Waals surface area contributed by atoms with Crippen molar-refractivity contribution in [3.8, 4) is 0 Å². The van der Waals surface area contributed by atoms with Gasteiger partial charge >= 0.3 is 0 Å². The van der Waals surface area contributed by atoms with Gasteiger partial charge in [-0.2, -0.15) is 0 Å². The molecule has 196 valence electrons. The standard InChI is InChI=1S/C25H25F2IN4O4S/c1-14-4-3-9-29-20(14)12-30-37(34,35)21-11-18(25(33)32-36-13-16-5-6-16)24(23(27)22(21)26)31-19-8-7-17(28)10-15(19)2/h3-4,7-11,16,30-31H,5-6,12-13H2,1-2H3,(H,32,33). The van der Waals surface area contributed by atoms with Gasteiger partial charge in [0.05, 0.1) is 30.1 Å². The van der Waals surface area contributed by atoms with Crippen LogP contribution >= 0.6 is 22.6 Å². The van der Waals surface area contributed by atoms with Gasteiger partial charge in [0.25, 0.3) is 5.91 Å². The van der Waals surface area contributed by atoms with Crippen LogP contribution in [0.25, 0.3) is 0 Å². The number of benzene rings is 2. The number of nitrogens with zero attached hydrogens (tertiary/aromatic N) is 1. The predicted molar refractivity (Wildman–Crippen MR) is 143 cm³/mol. The number of rotatable bonds is 10. The summed E-state index contributed by atoms with van der Waals surface area (Å²) >= 11 is 2.11. The first-order valence-electron chi connectivity index (χ1n) is 11.4. The zero-order chi connectivity index (χ0) is 26.7. The van der Waals surface area contributed by atoms with Gasteiger partial charge in [0.15, 0.2) is 11.6 Å². The van der Waals surface area contributed by atoms with Crippen LogP contribution in [0.4, 0.5) is 20.2 Å². The second-order valence-electron chi connectivity index (χ2n) is 8.79. The molecule has 1 aromatic heterocycles. The summed E-state index contributed by atoms with van der Waals surface area (Å²) in [6.45, 7) is 3.53. The predicted octanol–water partition coefficient (Wildman–Crippen LogP) is 4.87. The number of sulfonamides is 1. The van der Waals surface area contributed by atoms with Crippen molar-refractivity contribution in [2.24, 2.45) is 5.92 Å². The fourth-order valence-corrected chi connectivity index (χ4v) is 5.24. The van der Waals surface area contributed by atoms with Crippen LogP contribution in [0, 0.1) is 35.0 Å². The van der Waals surface area contributed by atoms with E-state index in [4.69, 9.17) is 4.84 Å². The van der Waals surface area contributed by atoms with Crippen molar-refractivity contribution in [3.05, 3.63) is 80.2 Å². The number of aromatic nitrogens is 1. The van der Waals surface area contributed by atoms with Gasteiger partial charge in [-0.1, -0.05) is 6.07 Å². The second-order valence-corrected chi connectivity index (χ2v) is 11.8. The number of carbonyl (C=O) groups is 1.